The summed E-state index contributed by atoms with van der Waals surface area (Å²) >= 11 is 0. The van der Waals surface area contributed by atoms with E-state index in [-0.39, 0.29) is 11.9 Å². The first-order chi connectivity index (χ1) is 8.97. The van der Waals surface area contributed by atoms with Gasteiger partial charge in [0.15, 0.2) is 0 Å². The molecule has 0 aliphatic carbocycles. The number of amides is 1. The Morgan fingerprint density at radius 2 is 2.05 bits per heavy atom. The van der Waals surface area contributed by atoms with E-state index in [0.29, 0.717) is 24.2 Å². The minimum Gasteiger partial charge on any atom is -0.467 e. The van der Waals surface area contributed by atoms with Crippen LogP contribution >= 0.6 is 0 Å². The van der Waals surface area contributed by atoms with Crippen LogP contribution in [0.2, 0.25) is 0 Å². The topological polar surface area (TPSA) is 64.4 Å². The maximum atomic E-state index is 12.6. The quantitative estimate of drug-likeness (QED) is 0.742. The molecule has 1 atom stereocenters. The standard InChI is InChI=1S/C13H19N3O3/c1-8-11(9(2)15(3)14-8)12(17)16-7-5-6-10(16)13(18)19-4/h10H,5-7H2,1-4H3. The molecule has 1 fully saturated rings. The van der Waals surface area contributed by atoms with Gasteiger partial charge in [0.25, 0.3) is 5.91 Å². The average molecular weight is 265 g/mol. The summed E-state index contributed by atoms with van der Waals surface area (Å²) in [6.07, 6.45) is 1.49. The van der Waals surface area contributed by atoms with Crippen LogP contribution in [0.1, 0.15) is 34.6 Å². The molecule has 6 heteroatoms. The molecule has 6 nitrogen and oxygen atoms in total. The van der Waals surface area contributed by atoms with Crippen molar-refractivity contribution in [2.75, 3.05) is 13.7 Å². The number of hydrogen-bond donors (Lipinski definition) is 0. The lowest BCUT2D eigenvalue weighted by Crippen LogP contribution is -2.41. The second-order valence-corrected chi connectivity index (χ2v) is 4.85. The van der Waals surface area contributed by atoms with Gasteiger partial charge in [-0.05, 0) is 26.7 Å². The number of carbonyl (C=O) groups excluding carboxylic acids is 2. The van der Waals surface area contributed by atoms with Gasteiger partial charge in [0, 0.05) is 19.3 Å². The highest BCUT2D eigenvalue weighted by Crippen LogP contribution is 2.23. The van der Waals surface area contributed by atoms with Gasteiger partial charge < -0.3 is 9.64 Å². The fourth-order valence-corrected chi connectivity index (χ4v) is 2.62. The van der Waals surface area contributed by atoms with Crippen molar-refractivity contribution in [2.45, 2.75) is 32.7 Å². The van der Waals surface area contributed by atoms with Crippen molar-refractivity contribution in [3.8, 4) is 0 Å². The molecule has 19 heavy (non-hydrogen) atoms. The fraction of sp³-hybridized carbons (Fsp3) is 0.615. The van der Waals surface area contributed by atoms with Gasteiger partial charge >= 0.3 is 5.97 Å². The average Bonchev–Trinajstić information content (AvgIpc) is 2.94. The Bertz CT molecular complexity index is 521. The van der Waals surface area contributed by atoms with Crippen molar-refractivity contribution >= 4 is 11.9 Å². The van der Waals surface area contributed by atoms with Crippen LogP contribution in [0.5, 0.6) is 0 Å². The highest BCUT2D eigenvalue weighted by Gasteiger charge is 2.36. The number of methoxy groups -OCH3 is 1. The number of hydrogen-bond acceptors (Lipinski definition) is 4. The van der Waals surface area contributed by atoms with Crippen LogP contribution < -0.4 is 0 Å². The normalized spacial score (nSPS) is 18.7. The highest BCUT2D eigenvalue weighted by atomic mass is 16.5. The van der Waals surface area contributed by atoms with Gasteiger partial charge in [-0.3, -0.25) is 9.48 Å². The first-order valence-electron chi connectivity index (χ1n) is 6.36. The third kappa shape index (κ3) is 2.22. The second-order valence-electron chi connectivity index (χ2n) is 4.85. The van der Waals surface area contributed by atoms with Crippen molar-refractivity contribution in [1.29, 1.82) is 0 Å². The van der Waals surface area contributed by atoms with E-state index in [1.807, 2.05) is 13.8 Å². The zero-order chi connectivity index (χ0) is 14.2. The monoisotopic (exact) mass is 265 g/mol. The molecule has 0 bridgehead atoms. The van der Waals surface area contributed by atoms with Gasteiger partial charge in [-0.1, -0.05) is 0 Å². The van der Waals surface area contributed by atoms with Gasteiger partial charge in [-0.25, -0.2) is 4.79 Å². The maximum absolute atomic E-state index is 12.6. The molecule has 1 saturated heterocycles. The van der Waals surface area contributed by atoms with Gasteiger partial charge in [-0.15, -0.1) is 0 Å². The molecule has 1 aliphatic heterocycles. The number of likely N-dealkylation sites (tertiary alicyclic amines) is 1. The van der Waals surface area contributed by atoms with Crippen LogP contribution in [0.25, 0.3) is 0 Å². The van der Waals surface area contributed by atoms with Crippen LogP contribution in [-0.4, -0.2) is 46.3 Å². The number of rotatable bonds is 2. The first kappa shape index (κ1) is 13.6. The maximum Gasteiger partial charge on any atom is 0.328 e. The summed E-state index contributed by atoms with van der Waals surface area (Å²) in [5, 5.41) is 4.25. The summed E-state index contributed by atoms with van der Waals surface area (Å²) in [5.74, 6) is -0.471. The lowest BCUT2D eigenvalue weighted by Gasteiger charge is -2.22. The largest absolute Gasteiger partial charge is 0.467 e. The van der Waals surface area contributed by atoms with E-state index in [1.54, 1.807) is 16.6 Å². The molecule has 0 spiro atoms. The highest BCUT2D eigenvalue weighted by molar-refractivity contribution is 5.99. The third-order valence-corrected chi connectivity index (χ3v) is 3.71. The summed E-state index contributed by atoms with van der Waals surface area (Å²) in [7, 11) is 3.16. The van der Waals surface area contributed by atoms with Crippen molar-refractivity contribution in [1.82, 2.24) is 14.7 Å². The Kier molecular flexibility index (Phi) is 3.59. The van der Waals surface area contributed by atoms with E-state index in [2.05, 4.69) is 5.10 Å². The van der Waals surface area contributed by atoms with Crippen molar-refractivity contribution < 1.29 is 14.3 Å². The van der Waals surface area contributed by atoms with Gasteiger partial charge in [0.1, 0.15) is 6.04 Å². The second kappa shape index (κ2) is 5.03. The molecular weight excluding hydrogens is 246 g/mol. The Balaban J connectivity index is 2.31. The first-order valence-corrected chi connectivity index (χ1v) is 6.36. The third-order valence-electron chi connectivity index (χ3n) is 3.71. The molecule has 0 radical (unpaired) electrons. The molecule has 1 aromatic heterocycles. The molecule has 2 rings (SSSR count). The van der Waals surface area contributed by atoms with Crippen molar-refractivity contribution in [3.63, 3.8) is 0 Å². The SMILES string of the molecule is COC(=O)C1CCCN1C(=O)c1c(C)nn(C)c1C. The van der Waals surface area contributed by atoms with Crippen molar-refractivity contribution in [3.05, 3.63) is 17.0 Å². The van der Waals surface area contributed by atoms with Crippen LogP contribution in [0.3, 0.4) is 0 Å². The summed E-state index contributed by atoms with van der Waals surface area (Å²) in [6.45, 7) is 4.26. The number of aromatic nitrogens is 2. The molecule has 2 heterocycles. The van der Waals surface area contributed by atoms with Crippen LogP contribution in [0.15, 0.2) is 0 Å². The van der Waals surface area contributed by atoms with E-state index in [0.717, 1.165) is 12.1 Å². The van der Waals surface area contributed by atoms with E-state index >= 15 is 0 Å². The lowest BCUT2D eigenvalue weighted by atomic mass is 10.1. The molecule has 0 N–H and O–H groups in total. The molecule has 1 aliphatic rings. The van der Waals surface area contributed by atoms with Crippen LogP contribution in [-0.2, 0) is 16.6 Å². The van der Waals surface area contributed by atoms with E-state index < -0.39 is 6.04 Å². The zero-order valence-corrected chi connectivity index (χ0v) is 11.8. The number of carbonyl (C=O) groups is 2. The Hall–Kier alpha value is -1.85. The molecule has 1 aromatic rings. The summed E-state index contributed by atoms with van der Waals surface area (Å²) < 4.78 is 6.45. The minimum atomic E-state index is -0.462. The van der Waals surface area contributed by atoms with Crippen molar-refractivity contribution in [2.24, 2.45) is 7.05 Å². The number of nitrogens with zero attached hydrogens (tertiary/aromatic N) is 3. The van der Waals surface area contributed by atoms with E-state index in [4.69, 9.17) is 4.74 Å². The Labute approximate surface area is 112 Å². The summed E-state index contributed by atoms with van der Waals surface area (Å²) in [6, 6.07) is -0.462. The summed E-state index contributed by atoms with van der Waals surface area (Å²) in [4.78, 5) is 25.9. The number of aryl methyl sites for hydroxylation is 2. The number of ether oxygens (including phenoxy) is 1. The molecular formula is C13H19N3O3. The fourth-order valence-electron chi connectivity index (χ4n) is 2.62. The van der Waals surface area contributed by atoms with Crippen LogP contribution in [0, 0.1) is 13.8 Å². The Morgan fingerprint density at radius 1 is 1.37 bits per heavy atom. The van der Waals surface area contributed by atoms with Crippen LogP contribution in [0.4, 0.5) is 0 Å². The van der Waals surface area contributed by atoms with E-state index in [9.17, 15) is 9.59 Å². The number of esters is 1. The zero-order valence-electron chi connectivity index (χ0n) is 11.8. The van der Waals surface area contributed by atoms with Gasteiger partial charge in [-0.2, -0.15) is 5.10 Å². The van der Waals surface area contributed by atoms with Gasteiger partial charge in [0.05, 0.1) is 18.4 Å². The Morgan fingerprint density at radius 3 is 2.58 bits per heavy atom. The molecule has 1 amide bonds. The minimum absolute atomic E-state index is 0.129. The molecule has 0 aromatic carbocycles. The molecule has 0 saturated carbocycles. The molecule has 1 unspecified atom stereocenters. The van der Waals surface area contributed by atoms with E-state index in [1.165, 1.54) is 7.11 Å². The predicted molar refractivity (Wildman–Crippen MR) is 68.8 cm³/mol. The molecule has 104 valence electrons. The predicted octanol–water partition coefficient (Wildman–Crippen LogP) is 0.815. The summed E-state index contributed by atoms with van der Waals surface area (Å²) in [5.41, 5.74) is 2.11. The lowest BCUT2D eigenvalue weighted by molar-refractivity contribution is -0.145. The van der Waals surface area contributed by atoms with Gasteiger partial charge in [0.2, 0.25) is 0 Å². The smallest absolute Gasteiger partial charge is 0.328 e.